The molecule has 0 aromatic heterocycles. The first-order valence-electron chi connectivity index (χ1n) is 3.22. The van der Waals surface area contributed by atoms with Crippen molar-refractivity contribution >= 4 is 5.91 Å². The third-order valence-electron chi connectivity index (χ3n) is 0.477. The molecule has 1 N–H and O–H groups in total. The molecule has 1 radical (unpaired) electrons. The Labute approximate surface area is 88.8 Å². The second kappa shape index (κ2) is 16.3. The normalized spacial score (nSPS) is 6.70. The molecule has 0 spiro atoms. The standard InChI is InChI=1S/C4H9NO.C3H7.Y/c1-2-3-4(5)6;1-3-2;/h2-3H2,1H3,(H2,5,6);1,3H2,2H3;/q;-1;/p-1. The average molecular weight is 218 g/mol. The van der Waals surface area contributed by atoms with E-state index in [0.29, 0.717) is 6.42 Å². The van der Waals surface area contributed by atoms with E-state index in [1.54, 1.807) is 0 Å². The van der Waals surface area contributed by atoms with E-state index < -0.39 is 5.91 Å². The molecule has 0 aliphatic rings. The largest absolute Gasteiger partial charge is 0.668 e. The van der Waals surface area contributed by atoms with Crippen LogP contribution in [-0.2, 0) is 37.5 Å². The van der Waals surface area contributed by atoms with Crippen LogP contribution in [0.3, 0.4) is 0 Å². The van der Waals surface area contributed by atoms with Crippen molar-refractivity contribution < 1.29 is 37.5 Å². The Bertz CT molecular complexity index is 66.6. The summed E-state index contributed by atoms with van der Waals surface area (Å²) < 4.78 is 0. The minimum absolute atomic E-state index is 0. The predicted molar refractivity (Wildman–Crippen MR) is 39.9 cm³/mol. The van der Waals surface area contributed by atoms with E-state index in [9.17, 15) is 4.79 Å². The Hall–Kier alpha value is 0.574. The molecule has 0 aromatic rings. The third kappa shape index (κ3) is 38.5. The summed E-state index contributed by atoms with van der Waals surface area (Å²) in [5, 5.41) is 0. The summed E-state index contributed by atoms with van der Waals surface area (Å²) in [6, 6.07) is 0. The molecule has 59 valence electrons. The van der Waals surface area contributed by atoms with Gasteiger partial charge in [0.25, 0.3) is 0 Å². The Balaban J connectivity index is -0.000000107. The van der Waals surface area contributed by atoms with E-state index >= 15 is 0 Å². The van der Waals surface area contributed by atoms with Crippen molar-refractivity contribution in [3.8, 4) is 0 Å². The van der Waals surface area contributed by atoms with Crippen LogP contribution in [0.1, 0.15) is 33.1 Å². The molecule has 0 saturated carbocycles. The van der Waals surface area contributed by atoms with Crippen LogP contribution < -0.4 is 0 Å². The Kier molecular flexibility index (Phi) is 27.5. The molecule has 3 heteroatoms. The van der Waals surface area contributed by atoms with Crippen molar-refractivity contribution in [1.29, 1.82) is 0 Å². The Morgan fingerprint density at radius 2 is 1.80 bits per heavy atom. The van der Waals surface area contributed by atoms with Gasteiger partial charge in [-0.05, 0) is 6.42 Å². The van der Waals surface area contributed by atoms with E-state index in [1.807, 2.05) is 13.8 Å². The summed E-state index contributed by atoms with van der Waals surface area (Å²) >= 11 is 0. The van der Waals surface area contributed by atoms with Gasteiger partial charge in [0.05, 0.1) is 0 Å². The van der Waals surface area contributed by atoms with Gasteiger partial charge in [-0.15, -0.1) is 0 Å². The fraction of sp³-hybridized carbons (Fsp3) is 0.714. The maximum Gasteiger partial charge on any atom is 0.0487 e. The van der Waals surface area contributed by atoms with Crippen molar-refractivity contribution in [3.63, 3.8) is 0 Å². The maximum absolute atomic E-state index is 9.71. The summed E-state index contributed by atoms with van der Waals surface area (Å²) in [5.41, 5.74) is 6.34. The zero-order valence-electron chi connectivity index (χ0n) is 6.81. The predicted octanol–water partition coefficient (Wildman–Crippen LogP) is 2.59. The first-order valence-corrected chi connectivity index (χ1v) is 3.22. The van der Waals surface area contributed by atoms with Crippen LogP contribution in [-0.4, -0.2) is 5.91 Å². The molecule has 0 heterocycles. The molecule has 0 rings (SSSR count). The number of carbonyl (C=O) groups excluding carboxylic acids is 1. The van der Waals surface area contributed by atoms with Crippen molar-refractivity contribution in [2.45, 2.75) is 33.1 Å². The Morgan fingerprint density at radius 3 is 1.80 bits per heavy atom. The molecule has 0 aliphatic carbocycles. The van der Waals surface area contributed by atoms with Gasteiger partial charge >= 0.3 is 0 Å². The van der Waals surface area contributed by atoms with Gasteiger partial charge in [-0.3, -0.25) is 0 Å². The number of carbonyl (C=O) groups is 1. The van der Waals surface area contributed by atoms with Crippen LogP contribution in [0.25, 0.3) is 5.73 Å². The summed E-state index contributed by atoms with van der Waals surface area (Å²) in [6.07, 6.45) is 2.20. The zero-order valence-corrected chi connectivity index (χ0v) is 9.65. The summed E-state index contributed by atoms with van der Waals surface area (Å²) in [5.74, 6) is -0.461. The molecule has 1 amide bonds. The quantitative estimate of drug-likeness (QED) is 0.656. The van der Waals surface area contributed by atoms with E-state index in [-0.39, 0.29) is 32.7 Å². The molecule has 0 atom stereocenters. The van der Waals surface area contributed by atoms with Crippen LogP contribution in [0, 0.1) is 6.92 Å². The fourth-order valence-electron chi connectivity index (χ4n) is 0.227. The van der Waals surface area contributed by atoms with E-state index in [1.165, 1.54) is 0 Å². The van der Waals surface area contributed by atoms with Gasteiger partial charge in [-0.2, -0.15) is 6.42 Å². The minimum atomic E-state index is -0.461. The van der Waals surface area contributed by atoms with E-state index in [2.05, 4.69) is 6.92 Å². The van der Waals surface area contributed by atoms with Crippen LogP contribution in [0.5, 0.6) is 0 Å². The summed E-state index contributed by atoms with van der Waals surface area (Å²) in [7, 11) is 0. The molecule has 2 nitrogen and oxygen atoms in total. The molecule has 0 aromatic carbocycles. The van der Waals surface area contributed by atoms with Crippen molar-refractivity contribution in [3.05, 3.63) is 12.7 Å². The SMILES string of the molecule is CCCC([NH-])=O.[CH2-]CC.[Y]. The second-order valence-electron chi connectivity index (χ2n) is 1.67. The van der Waals surface area contributed by atoms with Crippen LogP contribution in [0.15, 0.2) is 0 Å². The molecule has 10 heavy (non-hydrogen) atoms. The Morgan fingerprint density at radius 1 is 1.50 bits per heavy atom. The average Bonchev–Trinajstić information content (AvgIpc) is 1.67. The molecular formula is C7H15NOY-2. The van der Waals surface area contributed by atoms with Crippen molar-refractivity contribution in [2.75, 3.05) is 0 Å². The number of hydrogen-bond acceptors (Lipinski definition) is 1. The van der Waals surface area contributed by atoms with Gasteiger partial charge in [-0.1, -0.05) is 20.3 Å². The van der Waals surface area contributed by atoms with Crippen LogP contribution in [0.2, 0.25) is 0 Å². The van der Waals surface area contributed by atoms with Crippen LogP contribution in [0.4, 0.5) is 0 Å². The molecule has 0 bridgehead atoms. The molecule has 0 saturated heterocycles. The first kappa shape index (κ1) is 16.9. The minimum Gasteiger partial charge on any atom is -0.668 e. The number of hydrogen-bond donors (Lipinski definition) is 0. The van der Waals surface area contributed by atoms with Gasteiger partial charge in [0, 0.05) is 38.6 Å². The number of nitrogens with one attached hydrogen (secondary N) is 1. The first-order chi connectivity index (χ1) is 4.18. The molecule has 0 unspecified atom stereocenters. The zero-order chi connectivity index (χ0) is 7.70. The van der Waals surface area contributed by atoms with Gasteiger partial charge in [0.2, 0.25) is 0 Å². The van der Waals surface area contributed by atoms with Gasteiger partial charge < -0.3 is 17.5 Å². The topological polar surface area (TPSA) is 40.9 Å². The number of amides is 1. The smallest absolute Gasteiger partial charge is 0.0487 e. The monoisotopic (exact) mass is 218 g/mol. The summed E-state index contributed by atoms with van der Waals surface area (Å²) in [4.78, 5) is 9.71. The summed E-state index contributed by atoms with van der Waals surface area (Å²) in [6.45, 7) is 7.38. The molecule has 0 fully saturated rings. The fourth-order valence-corrected chi connectivity index (χ4v) is 0.227. The molecular weight excluding hydrogens is 203 g/mol. The van der Waals surface area contributed by atoms with Crippen molar-refractivity contribution in [2.24, 2.45) is 0 Å². The van der Waals surface area contributed by atoms with Gasteiger partial charge in [0.1, 0.15) is 0 Å². The van der Waals surface area contributed by atoms with Crippen LogP contribution >= 0.6 is 0 Å². The molecule has 0 aliphatic heterocycles. The number of rotatable bonds is 2. The van der Waals surface area contributed by atoms with Gasteiger partial charge in [0.15, 0.2) is 0 Å². The maximum atomic E-state index is 9.71. The van der Waals surface area contributed by atoms with Crippen molar-refractivity contribution in [1.82, 2.24) is 0 Å². The third-order valence-corrected chi connectivity index (χ3v) is 0.477. The second-order valence-corrected chi connectivity index (χ2v) is 1.67. The van der Waals surface area contributed by atoms with E-state index in [0.717, 1.165) is 12.8 Å². The van der Waals surface area contributed by atoms with Gasteiger partial charge in [-0.25, -0.2) is 0 Å². The van der Waals surface area contributed by atoms with E-state index in [4.69, 9.17) is 5.73 Å².